The van der Waals surface area contributed by atoms with Crippen molar-refractivity contribution in [2.45, 2.75) is 343 Å². The third-order valence-electron chi connectivity index (χ3n) is 24.6. The Kier molecular flexibility index (Phi) is 49.6. The number of aliphatic hydroxyl groups excluding tert-OH is 3. The lowest BCUT2D eigenvalue weighted by molar-refractivity contribution is -0.142. The van der Waals surface area contributed by atoms with Crippen LogP contribution in [0.3, 0.4) is 0 Å². The molecule has 0 saturated carbocycles. The summed E-state index contributed by atoms with van der Waals surface area (Å²) in [5, 5.41) is 102. The van der Waals surface area contributed by atoms with Crippen molar-refractivity contribution < 1.29 is 112 Å². The summed E-state index contributed by atoms with van der Waals surface area (Å²) < 4.78 is 17.2. The minimum atomic E-state index is -2.44. The van der Waals surface area contributed by atoms with Gasteiger partial charge in [-0.25, -0.2) is 14.1 Å². The second kappa shape index (κ2) is 60.9. The maximum absolute atomic E-state index is 15.6. The van der Waals surface area contributed by atoms with Gasteiger partial charge in [0.05, 0.1) is 73.1 Å². The minimum Gasteiger partial charge on any atom is -0.481 e. The highest BCUT2D eigenvalue weighted by Gasteiger charge is 2.44. The van der Waals surface area contributed by atoms with E-state index in [1.807, 2.05) is 6.20 Å². The molecular formula is C97H143FN20O22. The van der Waals surface area contributed by atoms with Gasteiger partial charge in [-0.1, -0.05) is 189 Å². The number of halogens is 1. The summed E-state index contributed by atoms with van der Waals surface area (Å²) in [6.07, 6.45) is 29.8. The number of nitrogens with one attached hydrogen (secondary N) is 12. The largest absolute Gasteiger partial charge is 0.481 e. The summed E-state index contributed by atoms with van der Waals surface area (Å²) in [6.45, 7) is 0.942. The molecule has 3 aromatic carbocycles. The number of aliphatic carboxylic acids is 4. The van der Waals surface area contributed by atoms with Crippen LogP contribution in [0.1, 0.15) is 267 Å². The van der Waals surface area contributed by atoms with Gasteiger partial charge in [-0.2, -0.15) is 0 Å². The molecular weight excluding hydrogens is 1820 g/mol. The fourth-order valence-corrected chi connectivity index (χ4v) is 16.6. The van der Waals surface area contributed by atoms with E-state index in [0.29, 0.717) is 35.3 Å². The van der Waals surface area contributed by atoms with Gasteiger partial charge in [0, 0.05) is 69.6 Å². The van der Waals surface area contributed by atoms with Gasteiger partial charge in [0.1, 0.15) is 59.7 Å². The van der Waals surface area contributed by atoms with E-state index in [1.165, 1.54) is 80.8 Å². The molecule has 1 saturated heterocycles. The van der Waals surface area contributed by atoms with Gasteiger partial charge < -0.3 is 110 Å². The number of allylic oxidation sites excluding steroid dienone is 1. The lowest BCUT2D eigenvalue weighted by atomic mass is 9.90. The number of hydrazine groups is 2. The number of hydrogen-bond acceptors (Lipinski definition) is 25. The number of H-pyrrole nitrogens is 1. The number of carbonyl (C=O) groups excluding carboxylic acids is 11. The zero-order valence-electron chi connectivity index (χ0n) is 80.3. The first-order valence-corrected chi connectivity index (χ1v) is 48.7. The molecule has 12 atom stereocenters. The van der Waals surface area contributed by atoms with Crippen molar-refractivity contribution in [2.75, 3.05) is 24.7 Å². The minimum absolute atomic E-state index is 0.0329. The predicted octanol–water partition coefficient (Wildman–Crippen LogP) is 4.38. The van der Waals surface area contributed by atoms with Crippen LogP contribution in [-0.2, 0) is 104 Å². The first-order valence-electron chi connectivity index (χ1n) is 48.7. The monoisotopic (exact) mass is 1960 g/mol. The number of nitrogens with two attached hydrogens (primary N) is 2. The molecule has 2 aliphatic rings. The van der Waals surface area contributed by atoms with Crippen molar-refractivity contribution in [2.24, 2.45) is 11.5 Å². The van der Waals surface area contributed by atoms with Crippen molar-refractivity contribution in [3.05, 3.63) is 137 Å². The van der Waals surface area contributed by atoms with Crippen molar-refractivity contribution >= 4 is 94.5 Å². The summed E-state index contributed by atoms with van der Waals surface area (Å²) >= 11 is 0. The second-order valence-corrected chi connectivity index (χ2v) is 36.4. The Bertz CT molecular complexity index is 4850. The van der Waals surface area contributed by atoms with E-state index in [1.54, 1.807) is 70.6 Å². The highest BCUT2D eigenvalue weighted by atomic mass is 19.1. The number of anilines is 1. The molecule has 0 spiro atoms. The van der Waals surface area contributed by atoms with E-state index in [2.05, 4.69) is 79.1 Å². The number of amides is 11. The Hall–Kier alpha value is -12.9. The number of rotatable bonds is 70. The molecule has 1 fully saturated rings. The number of primary amides is 1. The van der Waals surface area contributed by atoms with Gasteiger partial charge in [-0.3, -0.25) is 76.9 Å². The Morgan fingerprint density at radius 2 is 1.04 bits per heavy atom. The first-order chi connectivity index (χ1) is 67.0. The molecule has 5 aromatic rings. The molecule has 1 unspecified atom stereocenters. The summed E-state index contributed by atoms with van der Waals surface area (Å²) in [4.78, 5) is 209. The van der Waals surface area contributed by atoms with Gasteiger partial charge in [0.15, 0.2) is 0 Å². The average Bonchev–Trinajstić information content (AvgIpc) is 0.979. The Morgan fingerprint density at radius 1 is 0.536 bits per heavy atom. The third-order valence-corrected chi connectivity index (χ3v) is 24.6. The van der Waals surface area contributed by atoms with Gasteiger partial charge in [0.2, 0.25) is 65.0 Å². The lowest BCUT2D eigenvalue weighted by Gasteiger charge is -2.34. The highest BCUT2D eigenvalue weighted by Crippen LogP contribution is 2.26. The number of unbranched alkanes of at least 4 members (excludes halogenated alkanes) is 24. The highest BCUT2D eigenvalue weighted by molar-refractivity contribution is 6.01. The molecule has 7 rings (SSSR count). The molecule has 140 heavy (non-hydrogen) atoms. The SMILES string of the molecule is C[C@@H](O)[C@H](NC(=O)CNC(=O)[C@H](CCC(=O)O)NC(=O)[C@@H]1CCCN1C(=O)[C@@H](N)Cc1c[nH]cn1)C(=O)NC(C)(Cc1ccccc1F)C(=O)N[C@H](C(=O)N[C@@H](CO)C(=O)N[C@@H](CC(=O)O)C(=O)N[C@@H](Cc1ccc(-n2cc(CCCCCCCCCCCCCCCC(=O)O)nn2)cc1)C(=O)N[C@@H](Cc1ccc(N2C=C(CCCCCCCCCCCCCCCC(=O)O)NN2)cc1)C(N)=O)[C@@H](C)O. The lowest BCUT2D eigenvalue weighted by Crippen LogP contribution is -2.67. The van der Waals surface area contributed by atoms with Crippen molar-refractivity contribution in [1.82, 2.24) is 88.7 Å². The summed E-state index contributed by atoms with van der Waals surface area (Å²) in [5.41, 5.74) is 20.3. The van der Waals surface area contributed by atoms with Crippen LogP contribution in [0.2, 0.25) is 0 Å². The van der Waals surface area contributed by atoms with Gasteiger partial charge in [-0.15, -0.1) is 10.6 Å². The molecule has 43 heteroatoms. The number of carboxylic acid groups (broad SMARTS) is 4. The van der Waals surface area contributed by atoms with Crippen LogP contribution in [-0.4, -0.2) is 246 Å². The molecule has 0 radical (unpaired) electrons. The first kappa shape index (κ1) is 114. The van der Waals surface area contributed by atoms with E-state index in [9.17, 15) is 97.5 Å². The fraction of sp³-hybridized carbons (Fsp3) is 0.588. The van der Waals surface area contributed by atoms with Crippen molar-refractivity contribution in [1.29, 1.82) is 0 Å². The average molecular weight is 1960 g/mol. The number of likely N-dealkylation sites (tertiary alicyclic amines) is 1. The summed E-state index contributed by atoms with van der Waals surface area (Å²) in [6, 6.07) is 3.26. The Labute approximate surface area is 814 Å². The maximum atomic E-state index is 15.6. The molecule has 0 aliphatic carbocycles. The van der Waals surface area contributed by atoms with Crippen LogP contribution < -0.4 is 75.3 Å². The fourth-order valence-electron chi connectivity index (χ4n) is 16.6. The molecule has 2 aromatic heterocycles. The van der Waals surface area contributed by atoms with E-state index in [4.69, 9.17) is 21.7 Å². The van der Waals surface area contributed by atoms with Crippen LogP contribution in [0.25, 0.3) is 5.69 Å². The number of hydrogen-bond donors (Lipinski definition) is 21. The quantitative estimate of drug-likeness (QED) is 0.0240. The van der Waals surface area contributed by atoms with E-state index < -0.39 is 206 Å². The van der Waals surface area contributed by atoms with Crippen molar-refractivity contribution in [3.63, 3.8) is 0 Å². The molecule has 0 bridgehead atoms. The zero-order chi connectivity index (χ0) is 102. The van der Waals surface area contributed by atoms with Crippen LogP contribution in [0, 0.1) is 5.82 Å². The Morgan fingerprint density at radius 3 is 1.56 bits per heavy atom. The Balaban J connectivity index is 1.00. The number of aromatic amines is 1. The van der Waals surface area contributed by atoms with E-state index in [-0.39, 0.29) is 50.6 Å². The molecule has 770 valence electrons. The molecule has 23 N–H and O–H groups in total. The van der Waals surface area contributed by atoms with Crippen LogP contribution in [0.15, 0.2) is 103 Å². The number of aryl methyl sites for hydroxylation is 1. The number of aromatic nitrogens is 5. The molecule has 4 heterocycles. The number of carboxylic acids is 4. The summed E-state index contributed by atoms with van der Waals surface area (Å²) in [5.74, 6) is -17.9. The number of carbonyl (C=O) groups is 15. The topological polar surface area (TPSA) is 648 Å². The predicted molar refractivity (Wildman–Crippen MR) is 512 cm³/mol. The van der Waals surface area contributed by atoms with E-state index in [0.717, 1.165) is 166 Å². The van der Waals surface area contributed by atoms with Crippen LogP contribution in [0.5, 0.6) is 0 Å². The maximum Gasteiger partial charge on any atom is 0.305 e. The van der Waals surface area contributed by atoms with Gasteiger partial charge >= 0.3 is 23.9 Å². The van der Waals surface area contributed by atoms with E-state index >= 15 is 4.39 Å². The summed E-state index contributed by atoms with van der Waals surface area (Å²) in [7, 11) is 0. The van der Waals surface area contributed by atoms with Gasteiger partial charge in [-0.05, 0) is 126 Å². The van der Waals surface area contributed by atoms with Crippen LogP contribution >= 0.6 is 0 Å². The molecule has 11 amide bonds. The zero-order valence-corrected chi connectivity index (χ0v) is 80.3. The number of aliphatic hydroxyl groups is 3. The number of imidazole rings is 1. The smallest absolute Gasteiger partial charge is 0.305 e. The number of benzene rings is 3. The number of nitrogens with zero attached hydrogens (tertiary/aromatic N) is 6. The van der Waals surface area contributed by atoms with Crippen molar-refractivity contribution in [3.8, 4) is 5.69 Å². The third kappa shape index (κ3) is 40.9. The molecule has 42 nitrogen and oxygen atoms in total. The van der Waals surface area contributed by atoms with Gasteiger partial charge in [0.25, 0.3) is 0 Å². The second-order valence-electron chi connectivity index (χ2n) is 36.4. The standard InChI is InChI=1S/C97H143FN20O22/c1-62(120)85(110-96(140)97(3,55-66-33-30-31-36-72(66)98)111-94(138)86(63(2)121)109-80(122)57-102-88(132)74(48-49-83(127)128)104-92(136)79-37-32-50-116(79)95(139)73(99)53-69-56-101-61-103-69)93(137)108-78(60-119)91(135)107-77(54-84(129)130)90(134)106-76(52-65-42-46-71(47-43-65)118-59-68(113-115-118)35-27-23-19-15-11-7-5-9-13-17-21-25-29-39-82(125)126)89(133)105-75(87(100)131)51-64-40-44-70(45-41-64)117-58-67(112-114-117)34-26-22-18-14-10-6-4-8-12-16-20-24-28-38-81(123)124/h30-31,33,36,40-47,56,58-59,61-63,73-79,85-86,112,114,119-121H,4-29,32,34-35,37-39,48-55,57,60,99H2,1-3H3,(H2,100,131)(H,101,103)(H,102,132)(H,104,136)(H,105,133)(H,106,134)(H,107,135)(H,108,137)(H,109,122)(H,110,140)(H,111,138)(H,123,124)(H,125,126)(H,127,128)(H,129,130)/t62-,63-,73+,74+,75+,76+,77+,78+,79+,85+,86+,97?/m1/s1. The van der Waals surface area contributed by atoms with Crippen LogP contribution in [0.4, 0.5) is 10.1 Å². The molecule has 2 aliphatic heterocycles. The normalized spacial score (nSPS) is 15.5.